The van der Waals surface area contributed by atoms with Crippen LogP contribution < -0.4 is 10.2 Å². The third kappa shape index (κ3) is 119. The van der Waals surface area contributed by atoms with Crippen LogP contribution in [0.25, 0.3) is 0 Å². The summed E-state index contributed by atoms with van der Waals surface area (Å²) in [6.45, 7) is 0. The van der Waals surface area contributed by atoms with E-state index < -0.39 is 6.16 Å². The number of carboxylic acid groups (broad SMARTS) is 2. The highest BCUT2D eigenvalue weighted by Crippen LogP contribution is 1.21. The van der Waals surface area contributed by atoms with Crippen molar-refractivity contribution in [2.24, 2.45) is 0 Å². The molecule has 0 saturated carbocycles. The Labute approximate surface area is 32.2 Å². The zero-order chi connectivity index (χ0) is 3.58. The Morgan fingerprint density at radius 3 is 1.40 bits per heavy atom. The average molecular weight is 94.0 g/mol. The summed E-state index contributed by atoms with van der Waals surface area (Å²) >= 11 is 0. The lowest BCUT2D eigenvalue weighted by Gasteiger charge is -1.96. The number of hydrogen-bond donors (Lipinski definition) is 0. The molecule has 1 unspecified atom stereocenters. The zero-order valence-corrected chi connectivity index (χ0v) is 3.85. The van der Waals surface area contributed by atoms with E-state index >= 15 is 0 Å². The molecule has 0 amide bonds. The molecule has 0 aliphatic heterocycles. The molecule has 0 fully saturated rings. The zero-order valence-electron chi connectivity index (χ0n) is 2.43. The van der Waals surface area contributed by atoms with Gasteiger partial charge >= 0.3 is 0 Å². The molecule has 0 rings (SSSR count). The second kappa shape index (κ2) is 3.70. The number of carbonyl (C=O) groups is 1. The Balaban J connectivity index is 0. The van der Waals surface area contributed by atoms with E-state index in [1.54, 1.807) is 0 Å². The van der Waals surface area contributed by atoms with E-state index in [2.05, 4.69) is 0 Å². The Kier molecular flexibility index (Phi) is 6.53. The van der Waals surface area contributed by atoms with Crippen molar-refractivity contribution in [3.8, 4) is 0 Å². The molecule has 0 heterocycles. The van der Waals surface area contributed by atoms with Gasteiger partial charge in [-0.2, -0.15) is 9.90 Å². The van der Waals surface area contributed by atoms with Crippen LogP contribution in [0.3, 0.4) is 0 Å². The standard InChI is InChI=1S/CH2O3.H3P/c2-1(3)4;/h(H2,2,3,4);1H3/p-2. The fraction of sp³-hybridized carbons (Fsp3) is 0. The van der Waals surface area contributed by atoms with Gasteiger partial charge in [0.25, 0.3) is 0 Å². The highest BCUT2D eigenvalue weighted by atomic mass is 31.0. The van der Waals surface area contributed by atoms with E-state index in [1.807, 2.05) is 0 Å². The van der Waals surface area contributed by atoms with E-state index in [9.17, 15) is 0 Å². The molecule has 4 heteroatoms. The molecule has 0 N–H and O–H groups in total. The molecule has 32 valence electrons. The Morgan fingerprint density at radius 1 is 1.40 bits per heavy atom. The van der Waals surface area contributed by atoms with E-state index in [-0.39, 0.29) is 9.90 Å². The molecule has 1 atom stereocenters. The summed E-state index contributed by atoms with van der Waals surface area (Å²) in [5, 5.41) is 16.7. The van der Waals surface area contributed by atoms with Crippen LogP contribution in [0.4, 0.5) is 4.79 Å². The predicted molar refractivity (Wildman–Crippen MR) is 16.5 cm³/mol. The molecule has 0 aromatic rings. The summed E-state index contributed by atoms with van der Waals surface area (Å²) in [4.78, 5) is 8.33. The van der Waals surface area contributed by atoms with Crippen LogP contribution in [-0.2, 0) is 0 Å². The lowest BCUT2D eigenvalue weighted by atomic mass is 11.5. The minimum absolute atomic E-state index is 0. The predicted octanol–water partition coefficient (Wildman–Crippen LogP) is -2.39. The molecule has 0 aliphatic carbocycles. The molecule has 0 bridgehead atoms. The van der Waals surface area contributed by atoms with Gasteiger partial charge in [-0.1, -0.05) is 0 Å². The second-order valence-corrected chi connectivity index (χ2v) is 0.250. The van der Waals surface area contributed by atoms with E-state index in [0.29, 0.717) is 0 Å². The molecule has 3 nitrogen and oxygen atoms in total. The normalized spacial score (nSPS) is 4.80. The quantitative estimate of drug-likeness (QED) is 0.314. The van der Waals surface area contributed by atoms with Crippen molar-refractivity contribution in [3.63, 3.8) is 0 Å². The number of hydrogen-bond acceptors (Lipinski definition) is 3. The summed E-state index contributed by atoms with van der Waals surface area (Å²) in [6, 6.07) is 0. The van der Waals surface area contributed by atoms with E-state index in [0.717, 1.165) is 0 Å². The molecule has 0 aromatic carbocycles. The first-order valence-electron chi connectivity index (χ1n) is 0.612. The lowest BCUT2D eigenvalue weighted by molar-refractivity contribution is -0.415. The first kappa shape index (κ1) is 8.83. The van der Waals surface area contributed by atoms with Gasteiger partial charge in [-0.05, 0) is 6.16 Å². The Bertz CT molecular complexity index is 29.9. The number of rotatable bonds is 0. The van der Waals surface area contributed by atoms with Gasteiger partial charge in [-0.15, -0.1) is 0 Å². The van der Waals surface area contributed by atoms with Crippen molar-refractivity contribution in [1.82, 2.24) is 0 Å². The van der Waals surface area contributed by atoms with Crippen molar-refractivity contribution >= 4 is 16.1 Å². The van der Waals surface area contributed by atoms with Crippen LogP contribution in [0, 0.1) is 0 Å². The molecule has 0 spiro atoms. The van der Waals surface area contributed by atoms with Crippen molar-refractivity contribution in [2.75, 3.05) is 0 Å². The topological polar surface area (TPSA) is 63.2 Å². The summed E-state index contributed by atoms with van der Waals surface area (Å²) < 4.78 is 0. The third-order valence-electron chi connectivity index (χ3n) is 0. The van der Waals surface area contributed by atoms with Crippen molar-refractivity contribution in [2.45, 2.75) is 0 Å². The fourth-order valence-electron chi connectivity index (χ4n) is 0. The summed E-state index contributed by atoms with van der Waals surface area (Å²) in [5.74, 6) is 0. The van der Waals surface area contributed by atoms with E-state index in [1.165, 1.54) is 0 Å². The molecule has 0 aliphatic rings. The first-order chi connectivity index (χ1) is 1.73. The largest absolute Gasteiger partial charge is 0.652 e. The molecule has 0 saturated heterocycles. The third-order valence-corrected chi connectivity index (χ3v) is 0. The SMILES string of the molecule is O=C([O-])[O-].P. The van der Waals surface area contributed by atoms with Gasteiger partial charge in [0, 0.05) is 0 Å². The van der Waals surface area contributed by atoms with Crippen LogP contribution in [0.2, 0.25) is 0 Å². The molecule has 0 aromatic heterocycles. The summed E-state index contributed by atoms with van der Waals surface area (Å²) in [5.41, 5.74) is 0. The van der Waals surface area contributed by atoms with Gasteiger partial charge in [0.1, 0.15) is 0 Å². The summed E-state index contributed by atoms with van der Waals surface area (Å²) in [6.07, 6.45) is -2.33. The lowest BCUT2D eigenvalue weighted by Crippen LogP contribution is -2.37. The second-order valence-electron chi connectivity index (χ2n) is 0.250. The monoisotopic (exact) mass is 94.0 g/mol. The van der Waals surface area contributed by atoms with Gasteiger partial charge in [-0.25, -0.2) is 0 Å². The van der Waals surface area contributed by atoms with Crippen molar-refractivity contribution < 1.29 is 15.0 Å². The summed E-state index contributed by atoms with van der Waals surface area (Å²) in [7, 11) is 0. The van der Waals surface area contributed by atoms with Crippen LogP contribution in [0.1, 0.15) is 0 Å². The minimum Gasteiger partial charge on any atom is -0.652 e. The van der Waals surface area contributed by atoms with Crippen LogP contribution >= 0.6 is 9.90 Å². The van der Waals surface area contributed by atoms with Gasteiger partial charge in [0.15, 0.2) is 0 Å². The van der Waals surface area contributed by atoms with E-state index in [4.69, 9.17) is 15.0 Å². The maximum Gasteiger partial charge on any atom is -0.0431 e. The Morgan fingerprint density at radius 2 is 1.40 bits per heavy atom. The molecular weight excluding hydrogens is 91.0 g/mol. The van der Waals surface area contributed by atoms with Crippen LogP contribution in [-0.4, -0.2) is 6.16 Å². The minimum atomic E-state index is -2.33. The Hall–Kier alpha value is -0.300. The van der Waals surface area contributed by atoms with Gasteiger partial charge in [-0.3, -0.25) is 0 Å². The highest BCUT2D eigenvalue weighted by molar-refractivity contribution is 6.92. The van der Waals surface area contributed by atoms with Gasteiger partial charge in [0.2, 0.25) is 0 Å². The van der Waals surface area contributed by atoms with Gasteiger partial charge < -0.3 is 15.0 Å². The van der Waals surface area contributed by atoms with Gasteiger partial charge in [0.05, 0.1) is 0 Å². The smallest absolute Gasteiger partial charge is 0.0431 e. The molecule has 0 radical (unpaired) electrons. The first-order valence-corrected chi connectivity index (χ1v) is 0.612. The number of carbonyl (C=O) groups excluding carboxylic acids is 1. The van der Waals surface area contributed by atoms with Crippen molar-refractivity contribution in [3.05, 3.63) is 0 Å². The highest BCUT2D eigenvalue weighted by Gasteiger charge is 1.26. The maximum absolute atomic E-state index is 8.33. The molecule has 5 heavy (non-hydrogen) atoms. The van der Waals surface area contributed by atoms with Crippen molar-refractivity contribution in [1.29, 1.82) is 0 Å². The molecular formula is CH3O3P-2. The van der Waals surface area contributed by atoms with Crippen LogP contribution in [0.5, 0.6) is 0 Å². The fourth-order valence-corrected chi connectivity index (χ4v) is 0. The maximum atomic E-state index is 8.33. The van der Waals surface area contributed by atoms with Crippen LogP contribution in [0.15, 0.2) is 0 Å². The average Bonchev–Trinajstić information content (AvgIpc) is 0.811.